The van der Waals surface area contributed by atoms with Crippen molar-refractivity contribution in [3.63, 3.8) is 0 Å². The van der Waals surface area contributed by atoms with Gasteiger partial charge in [-0.1, -0.05) is 19.3 Å². The van der Waals surface area contributed by atoms with Gasteiger partial charge in [0.1, 0.15) is 0 Å². The molecule has 0 aromatic rings. The van der Waals surface area contributed by atoms with E-state index in [-0.39, 0.29) is 0 Å². The topological polar surface area (TPSA) is 18.5 Å². The van der Waals surface area contributed by atoms with Crippen molar-refractivity contribution in [3.05, 3.63) is 0 Å². The monoisotopic (exact) mass is 172 g/mol. The number of hydrogen-bond donors (Lipinski definition) is 0. The lowest BCUT2D eigenvalue weighted by Crippen LogP contribution is -2.47. The van der Waals surface area contributed by atoms with Crippen LogP contribution in [0.25, 0.3) is 0 Å². The first kappa shape index (κ1) is 7.77. The molecule has 2 heterocycles. The molecular weight excluding hydrogens is 156 g/mol. The summed E-state index contributed by atoms with van der Waals surface area (Å²) < 4.78 is 11.6. The fourth-order valence-electron chi connectivity index (χ4n) is 2.00. The van der Waals surface area contributed by atoms with Gasteiger partial charge in [-0.25, -0.2) is 0 Å². The molecule has 64 valence electrons. The van der Waals surface area contributed by atoms with E-state index in [9.17, 15) is 0 Å². The molecule has 0 unspecified atom stereocenters. The van der Waals surface area contributed by atoms with E-state index >= 15 is 0 Å². The van der Waals surface area contributed by atoms with Crippen molar-refractivity contribution in [2.45, 2.75) is 37.8 Å². The Balaban J connectivity index is 1.94. The highest BCUT2D eigenvalue weighted by Crippen LogP contribution is 2.32. The van der Waals surface area contributed by atoms with E-state index in [1.165, 1.54) is 31.4 Å². The predicted molar refractivity (Wildman–Crippen MR) is 45.7 cm³/mol. The van der Waals surface area contributed by atoms with E-state index in [0.29, 0.717) is 0 Å². The Morgan fingerprint density at radius 2 is 1.36 bits per heavy atom. The molecule has 2 saturated heterocycles. The average molecular weight is 172 g/mol. The molecule has 2 aliphatic heterocycles. The first-order valence-electron chi connectivity index (χ1n) is 4.69. The Kier molecular flexibility index (Phi) is 2.30. The van der Waals surface area contributed by atoms with Crippen LogP contribution in [0.3, 0.4) is 0 Å². The quantitative estimate of drug-likeness (QED) is 0.521. The molecule has 1 spiro atoms. The molecule has 2 aliphatic rings. The lowest BCUT2D eigenvalue weighted by Gasteiger charge is -2.36. The Labute approximate surface area is 69.1 Å². The van der Waals surface area contributed by atoms with Gasteiger partial charge in [0.15, 0.2) is 0 Å². The zero-order chi connectivity index (χ0) is 7.57. The van der Waals surface area contributed by atoms with Gasteiger partial charge >= 0.3 is 8.56 Å². The molecular formula is C8H16O2Si. The average Bonchev–Trinajstić information content (AvgIpc) is 2.07. The first-order chi connectivity index (χ1) is 5.41. The molecule has 0 atom stereocenters. The van der Waals surface area contributed by atoms with E-state index in [0.717, 1.165) is 19.6 Å². The summed E-state index contributed by atoms with van der Waals surface area (Å²) >= 11 is 0. The minimum Gasteiger partial charge on any atom is -0.394 e. The fraction of sp³-hybridized carbons (Fsp3) is 1.00. The minimum atomic E-state index is -1.57. The maximum absolute atomic E-state index is 5.82. The molecule has 0 aromatic carbocycles. The first-order valence-corrected chi connectivity index (χ1v) is 6.92. The predicted octanol–water partition coefficient (Wildman–Crippen LogP) is 2.05. The van der Waals surface area contributed by atoms with Crippen molar-refractivity contribution in [1.29, 1.82) is 0 Å². The molecule has 0 saturated carbocycles. The van der Waals surface area contributed by atoms with Crippen LogP contribution in [0.4, 0.5) is 0 Å². The van der Waals surface area contributed by atoms with Gasteiger partial charge in [-0.15, -0.1) is 0 Å². The zero-order valence-electron chi connectivity index (χ0n) is 6.97. The minimum absolute atomic E-state index is 0.965. The molecule has 2 nitrogen and oxygen atoms in total. The van der Waals surface area contributed by atoms with Crippen molar-refractivity contribution in [2.75, 3.05) is 13.2 Å². The Morgan fingerprint density at radius 1 is 0.727 bits per heavy atom. The fourth-order valence-corrected chi connectivity index (χ4v) is 5.52. The highest BCUT2D eigenvalue weighted by molar-refractivity contribution is 6.67. The van der Waals surface area contributed by atoms with E-state index in [2.05, 4.69) is 0 Å². The van der Waals surface area contributed by atoms with E-state index < -0.39 is 8.56 Å². The smallest absolute Gasteiger partial charge is 0.338 e. The molecule has 0 N–H and O–H groups in total. The van der Waals surface area contributed by atoms with Crippen LogP contribution in [-0.4, -0.2) is 21.8 Å². The summed E-state index contributed by atoms with van der Waals surface area (Å²) in [5, 5.41) is 0. The van der Waals surface area contributed by atoms with E-state index in [4.69, 9.17) is 8.85 Å². The Bertz CT molecular complexity index is 107. The van der Waals surface area contributed by atoms with Crippen LogP contribution in [0.5, 0.6) is 0 Å². The molecule has 0 aromatic heterocycles. The number of hydrogen-bond acceptors (Lipinski definition) is 2. The van der Waals surface area contributed by atoms with Gasteiger partial charge in [-0.3, -0.25) is 0 Å². The largest absolute Gasteiger partial charge is 0.394 e. The SMILES string of the molecule is C1CC[Si]2(CC1)OCCCO2. The summed E-state index contributed by atoms with van der Waals surface area (Å²) in [6.07, 6.45) is 5.18. The maximum atomic E-state index is 5.82. The van der Waals surface area contributed by atoms with Gasteiger partial charge in [0, 0.05) is 13.2 Å². The van der Waals surface area contributed by atoms with Crippen LogP contribution in [0.15, 0.2) is 0 Å². The van der Waals surface area contributed by atoms with Crippen molar-refractivity contribution in [2.24, 2.45) is 0 Å². The molecule has 11 heavy (non-hydrogen) atoms. The van der Waals surface area contributed by atoms with Crippen molar-refractivity contribution in [3.8, 4) is 0 Å². The molecule has 0 aliphatic carbocycles. The lowest BCUT2D eigenvalue weighted by molar-refractivity contribution is 0.104. The third-order valence-electron chi connectivity index (χ3n) is 2.63. The summed E-state index contributed by atoms with van der Waals surface area (Å²) in [6.45, 7) is 1.93. The van der Waals surface area contributed by atoms with Crippen LogP contribution in [0.2, 0.25) is 12.1 Å². The van der Waals surface area contributed by atoms with Gasteiger partial charge in [0.25, 0.3) is 0 Å². The second kappa shape index (κ2) is 3.25. The van der Waals surface area contributed by atoms with Crippen LogP contribution in [-0.2, 0) is 8.85 Å². The molecule has 3 heteroatoms. The summed E-state index contributed by atoms with van der Waals surface area (Å²) in [4.78, 5) is 0. The lowest BCUT2D eigenvalue weighted by atomic mass is 10.3. The third kappa shape index (κ3) is 1.66. The van der Waals surface area contributed by atoms with Gasteiger partial charge < -0.3 is 8.85 Å². The second-order valence-electron chi connectivity index (χ2n) is 3.52. The maximum Gasteiger partial charge on any atom is 0.338 e. The van der Waals surface area contributed by atoms with Crippen molar-refractivity contribution >= 4 is 8.56 Å². The van der Waals surface area contributed by atoms with Crippen LogP contribution in [0, 0.1) is 0 Å². The van der Waals surface area contributed by atoms with Crippen LogP contribution < -0.4 is 0 Å². The summed E-state index contributed by atoms with van der Waals surface area (Å²) in [6, 6.07) is 2.51. The van der Waals surface area contributed by atoms with Gasteiger partial charge in [0.05, 0.1) is 0 Å². The molecule has 0 amide bonds. The van der Waals surface area contributed by atoms with Crippen LogP contribution >= 0.6 is 0 Å². The molecule has 2 rings (SSSR count). The summed E-state index contributed by atoms with van der Waals surface area (Å²) in [7, 11) is -1.57. The highest BCUT2D eigenvalue weighted by Gasteiger charge is 2.40. The Hall–Kier alpha value is 0.137. The molecule has 0 bridgehead atoms. The standard InChI is InChI=1S/C8H16O2Si/c1-2-7-11(8-3-1)9-5-4-6-10-11/h1-8H2. The molecule has 0 radical (unpaired) electrons. The van der Waals surface area contributed by atoms with E-state index in [1.54, 1.807) is 0 Å². The Morgan fingerprint density at radius 3 is 2.00 bits per heavy atom. The van der Waals surface area contributed by atoms with Gasteiger partial charge in [0.2, 0.25) is 0 Å². The summed E-state index contributed by atoms with van der Waals surface area (Å²) in [5.74, 6) is 0. The van der Waals surface area contributed by atoms with Gasteiger partial charge in [-0.05, 0) is 18.5 Å². The summed E-state index contributed by atoms with van der Waals surface area (Å²) in [5.41, 5.74) is 0. The third-order valence-corrected chi connectivity index (χ3v) is 6.33. The van der Waals surface area contributed by atoms with E-state index in [1.807, 2.05) is 0 Å². The highest BCUT2D eigenvalue weighted by atomic mass is 28.4. The molecule has 2 fully saturated rings. The van der Waals surface area contributed by atoms with Gasteiger partial charge in [-0.2, -0.15) is 0 Å². The number of rotatable bonds is 0. The van der Waals surface area contributed by atoms with Crippen molar-refractivity contribution < 1.29 is 8.85 Å². The second-order valence-corrected chi connectivity index (χ2v) is 6.92. The zero-order valence-corrected chi connectivity index (χ0v) is 7.97. The van der Waals surface area contributed by atoms with Crippen LogP contribution in [0.1, 0.15) is 25.7 Å². The normalized spacial score (nSPS) is 30.5. The van der Waals surface area contributed by atoms with Crippen molar-refractivity contribution in [1.82, 2.24) is 0 Å².